The zero-order valence-electron chi connectivity index (χ0n) is 25.2. The summed E-state index contributed by atoms with van der Waals surface area (Å²) < 4.78 is 10.6. The van der Waals surface area contributed by atoms with Crippen LogP contribution in [-0.2, 0) is 22.4 Å². The number of nitrogens with one attached hydrogen (secondary N) is 2. The summed E-state index contributed by atoms with van der Waals surface area (Å²) in [7, 11) is 1.58. The highest BCUT2D eigenvalue weighted by atomic mass is 32.2. The molecule has 0 bridgehead atoms. The van der Waals surface area contributed by atoms with Crippen LogP contribution >= 0.6 is 23.1 Å². The molecule has 42 heavy (non-hydrogen) atoms. The van der Waals surface area contributed by atoms with E-state index >= 15 is 0 Å². The third-order valence-corrected chi connectivity index (χ3v) is 10.1. The molecule has 0 aliphatic heterocycles. The molecule has 224 valence electrons. The van der Waals surface area contributed by atoms with Crippen LogP contribution in [0.15, 0.2) is 53.4 Å². The maximum absolute atomic E-state index is 13.6. The fourth-order valence-electron chi connectivity index (χ4n) is 5.10. The predicted octanol–water partition coefficient (Wildman–Crippen LogP) is 7.85. The standard InChI is InChI=1S/C33H40N2O5S2/c1-7-26(41-24-11-9-10-22(19-24)34-29(36)20-12-15-23(39-6)16-13-20)30(37)35-31-28(32(38)40-8-2)25-17-14-21(33(3,4)5)18-27(25)42-31/h9-13,15-16,19,21,26H,7-8,14,17-18H2,1-6H3,(H,34,36)(H,35,37). The molecule has 0 radical (unpaired) electrons. The van der Waals surface area contributed by atoms with Crippen LogP contribution in [0.3, 0.4) is 0 Å². The van der Waals surface area contributed by atoms with Crippen molar-refractivity contribution >= 4 is 51.6 Å². The van der Waals surface area contributed by atoms with Gasteiger partial charge in [0.2, 0.25) is 5.91 Å². The third-order valence-electron chi connectivity index (χ3n) is 7.59. The first-order valence-corrected chi connectivity index (χ1v) is 16.1. The molecule has 0 fully saturated rings. The molecule has 2 amide bonds. The van der Waals surface area contributed by atoms with Crippen LogP contribution in [0.2, 0.25) is 0 Å². The number of hydrogen-bond acceptors (Lipinski definition) is 7. The topological polar surface area (TPSA) is 93.7 Å². The van der Waals surface area contributed by atoms with Gasteiger partial charge in [-0.25, -0.2) is 4.79 Å². The number of hydrogen-bond donors (Lipinski definition) is 2. The molecule has 3 aromatic rings. The molecular formula is C33H40N2O5S2. The second-order valence-corrected chi connectivity index (χ2v) is 13.8. The van der Waals surface area contributed by atoms with Crippen molar-refractivity contribution in [1.29, 1.82) is 0 Å². The average Bonchev–Trinajstić information content (AvgIpc) is 3.32. The summed E-state index contributed by atoms with van der Waals surface area (Å²) >= 11 is 2.94. The number of amides is 2. The number of rotatable bonds is 10. The molecule has 1 aliphatic carbocycles. The fraction of sp³-hybridized carbons (Fsp3) is 0.424. The second kappa shape index (κ2) is 13.8. The van der Waals surface area contributed by atoms with Crippen molar-refractivity contribution in [1.82, 2.24) is 0 Å². The first kappa shape index (κ1) is 31.6. The molecule has 9 heteroatoms. The number of carbonyl (C=O) groups is 3. The van der Waals surface area contributed by atoms with Gasteiger partial charge in [0.1, 0.15) is 10.8 Å². The second-order valence-electron chi connectivity index (χ2n) is 11.4. The summed E-state index contributed by atoms with van der Waals surface area (Å²) in [5.41, 5.74) is 2.86. The Bertz CT molecular complexity index is 1430. The molecule has 2 N–H and O–H groups in total. The SMILES string of the molecule is CCOC(=O)c1c(NC(=O)C(CC)Sc2cccc(NC(=O)c3ccc(OC)cc3)c2)sc2c1CCC(C(C)(C)C)C2. The van der Waals surface area contributed by atoms with Gasteiger partial charge in [-0.1, -0.05) is 33.8 Å². The van der Waals surface area contributed by atoms with Crippen molar-refractivity contribution in [2.45, 2.75) is 70.4 Å². The molecule has 0 saturated heterocycles. The van der Waals surface area contributed by atoms with E-state index in [2.05, 4.69) is 31.4 Å². The van der Waals surface area contributed by atoms with Gasteiger partial charge in [0.15, 0.2) is 0 Å². The van der Waals surface area contributed by atoms with E-state index in [1.54, 1.807) is 38.3 Å². The van der Waals surface area contributed by atoms with Gasteiger partial charge in [-0.15, -0.1) is 23.1 Å². The van der Waals surface area contributed by atoms with Crippen molar-refractivity contribution in [3.63, 3.8) is 0 Å². The number of thioether (sulfide) groups is 1. The predicted molar refractivity (Wildman–Crippen MR) is 171 cm³/mol. The maximum atomic E-state index is 13.6. The van der Waals surface area contributed by atoms with Crippen LogP contribution in [0, 0.1) is 11.3 Å². The number of methoxy groups -OCH3 is 1. The zero-order valence-corrected chi connectivity index (χ0v) is 26.8. The van der Waals surface area contributed by atoms with E-state index in [9.17, 15) is 14.4 Å². The average molecular weight is 609 g/mol. The van der Waals surface area contributed by atoms with Crippen LogP contribution in [0.25, 0.3) is 0 Å². The molecule has 4 rings (SSSR count). The van der Waals surface area contributed by atoms with Crippen molar-refractivity contribution < 1.29 is 23.9 Å². The molecule has 7 nitrogen and oxygen atoms in total. The van der Waals surface area contributed by atoms with Crippen molar-refractivity contribution in [2.75, 3.05) is 24.4 Å². The normalized spacial score (nSPS) is 15.3. The van der Waals surface area contributed by atoms with Crippen LogP contribution in [0.1, 0.15) is 78.6 Å². The van der Waals surface area contributed by atoms with E-state index < -0.39 is 5.25 Å². The lowest BCUT2D eigenvalue weighted by Gasteiger charge is -2.33. The number of thiophene rings is 1. The Morgan fingerprint density at radius 3 is 2.45 bits per heavy atom. The van der Waals surface area contributed by atoms with Crippen LogP contribution < -0.4 is 15.4 Å². The Hall–Kier alpha value is -3.30. The van der Waals surface area contributed by atoms with Crippen LogP contribution in [0.4, 0.5) is 10.7 Å². The molecule has 2 atom stereocenters. The van der Waals surface area contributed by atoms with Gasteiger partial charge in [-0.3, -0.25) is 9.59 Å². The molecule has 1 heterocycles. The van der Waals surface area contributed by atoms with Gasteiger partial charge < -0.3 is 20.1 Å². The summed E-state index contributed by atoms with van der Waals surface area (Å²) in [4.78, 5) is 41.4. The Morgan fingerprint density at radius 1 is 1.07 bits per heavy atom. The van der Waals surface area contributed by atoms with E-state index in [-0.39, 0.29) is 29.8 Å². The van der Waals surface area contributed by atoms with E-state index in [1.165, 1.54) is 28.0 Å². The number of fused-ring (bicyclic) bond motifs is 1. The molecular weight excluding hydrogens is 569 g/mol. The van der Waals surface area contributed by atoms with E-state index in [0.29, 0.717) is 39.9 Å². The molecule has 2 aromatic carbocycles. The minimum Gasteiger partial charge on any atom is -0.497 e. The molecule has 0 saturated carbocycles. The van der Waals surface area contributed by atoms with E-state index in [0.717, 1.165) is 29.7 Å². The lowest BCUT2D eigenvalue weighted by Crippen LogP contribution is -2.27. The van der Waals surface area contributed by atoms with Gasteiger partial charge >= 0.3 is 5.97 Å². The van der Waals surface area contributed by atoms with E-state index in [4.69, 9.17) is 9.47 Å². The lowest BCUT2D eigenvalue weighted by atomic mass is 9.72. The smallest absolute Gasteiger partial charge is 0.341 e. The first-order valence-electron chi connectivity index (χ1n) is 14.4. The zero-order chi connectivity index (χ0) is 30.4. The minimum absolute atomic E-state index is 0.160. The summed E-state index contributed by atoms with van der Waals surface area (Å²) in [6, 6.07) is 14.4. The van der Waals surface area contributed by atoms with Gasteiger partial charge in [0, 0.05) is 21.0 Å². The van der Waals surface area contributed by atoms with Gasteiger partial charge in [0.25, 0.3) is 5.91 Å². The Morgan fingerprint density at radius 2 is 1.81 bits per heavy atom. The summed E-state index contributed by atoms with van der Waals surface area (Å²) in [6.45, 7) is 10.8. The molecule has 0 spiro atoms. The molecule has 1 aromatic heterocycles. The number of ether oxygens (including phenoxy) is 2. The summed E-state index contributed by atoms with van der Waals surface area (Å²) in [6.07, 6.45) is 3.29. The Balaban J connectivity index is 1.49. The highest BCUT2D eigenvalue weighted by Crippen LogP contribution is 2.45. The number of carbonyl (C=O) groups excluding carboxylic acids is 3. The third kappa shape index (κ3) is 7.55. The van der Waals surface area contributed by atoms with Gasteiger partial charge in [0.05, 0.1) is 24.5 Å². The van der Waals surface area contributed by atoms with Crippen molar-refractivity contribution in [3.8, 4) is 5.75 Å². The van der Waals surface area contributed by atoms with E-state index in [1.807, 2.05) is 31.2 Å². The van der Waals surface area contributed by atoms with Crippen molar-refractivity contribution in [3.05, 3.63) is 70.1 Å². The number of esters is 1. The summed E-state index contributed by atoms with van der Waals surface area (Å²) in [5.74, 6) is 0.428. The fourth-order valence-corrected chi connectivity index (χ4v) is 7.44. The minimum atomic E-state index is -0.394. The largest absolute Gasteiger partial charge is 0.497 e. The quantitative estimate of drug-likeness (QED) is 0.180. The first-order chi connectivity index (χ1) is 20.0. The molecule has 2 unspecified atom stereocenters. The number of anilines is 2. The van der Waals surface area contributed by atoms with Crippen LogP contribution in [0.5, 0.6) is 5.75 Å². The Labute approximate surface area is 256 Å². The monoisotopic (exact) mass is 608 g/mol. The highest BCUT2D eigenvalue weighted by Gasteiger charge is 2.35. The van der Waals surface area contributed by atoms with Gasteiger partial charge in [-0.05, 0) is 92.0 Å². The molecule has 1 aliphatic rings. The maximum Gasteiger partial charge on any atom is 0.341 e. The lowest BCUT2D eigenvalue weighted by molar-refractivity contribution is -0.115. The van der Waals surface area contributed by atoms with Crippen LogP contribution in [-0.4, -0.2) is 36.8 Å². The van der Waals surface area contributed by atoms with Crippen molar-refractivity contribution in [2.24, 2.45) is 11.3 Å². The van der Waals surface area contributed by atoms with Gasteiger partial charge in [-0.2, -0.15) is 0 Å². The summed E-state index contributed by atoms with van der Waals surface area (Å²) in [5, 5.41) is 6.20. The Kier molecular flexibility index (Phi) is 10.4. The highest BCUT2D eigenvalue weighted by molar-refractivity contribution is 8.00. The number of benzene rings is 2.